The van der Waals surface area contributed by atoms with Crippen molar-refractivity contribution in [2.75, 3.05) is 43.2 Å². The summed E-state index contributed by atoms with van der Waals surface area (Å²) in [4.78, 5) is 38.5. The number of fused-ring (bicyclic) bond motifs is 1. The summed E-state index contributed by atoms with van der Waals surface area (Å²) < 4.78 is 66.6. The number of benzene rings is 2. The number of halogens is 4. The molecule has 0 saturated carbocycles. The largest absolute Gasteiger partial charge is 0.417 e. The number of nitrogens with zero attached hydrogens (tertiary/aromatic N) is 5. The van der Waals surface area contributed by atoms with Gasteiger partial charge in [0.05, 0.1) is 33.9 Å². The van der Waals surface area contributed by atoms with E-state index in [1.165, 1.54) is 35.6 Å². The second-order valence-corrected chi connectivity index (χ2v) is 13.0. The number of ether oxygens (including phenoxy) is 1. The van der Waals surface area contributed by atoms with Crippen molar-refractivity contribution in [2.24, 2.45) is 0 Å². The Balaban J connectivity index is 1.68. The van der Waals surface area contributed by atoms with Gasteiger partial charge in [0.1, 0.15) is 11.6 Å². The fraction of sp³-hybridized carbons (Fsp3) is 0.379. The smallest absolute Gasteiger partial charge is 0.383 e. The highest BCUT2D eigenvalue weighted by Crippen LogP contribution is 2.51. The average Bonchev–Trinajstić information content (AvgIpc) is 3.36. The molecule has 2 aliphatic rings. The maximum atomic E-state index is 15.0. The van der Waals surface area contributed by atoms with Crippen LogP contribution in [-0.4, -0.2) is 70.0 Å². The average molecular weight is 649 g/mol. The Kier molecular flexibility index (Phi) is 7.61. The number of rotatable bonds is 5. The highest BCUT2D eigenvalue weighted by Gasteiger charge is 2.41. The van der Waals surface area contributed by atoms with Crippen LogP contribution in [0, 0.1) is 5.82 Å². The topological polar surface area (TPSA) is 107 Å². The van der Waals surface area contributed by atoms with E-state index in [0.29, 0.717) is 0 Å². The van der Waals surface area contributed by atoms with Gasteiger partial charge in [-0.15, -0.1) is 11.8 Å². The van der Waals surface area contributed by atoms with E-state index in [1.807, 2.05) is 13.8 Å². The van der Waals surface area contributed by atoms with Crippen molar-refractivity contribution in [3.63, 3.8) is 0 Å². The molecule has 2 aromatic carbocycles. The van der Waals surface area contributed by atoms with Crippen LogP contribution in [0.2, 0.25) is 0 Å². The monoisotopic (exact) mass is 648 g/mol. The molecule has 15 heteroatoms. The van der Waals surface area contributed by atoms with Crippen molar-refractivity contribution in [2.45, 2.75) is 43.0 Å². The highest BCUT2D eigenvalue weighted by atomic mass is 32.2. The molecule has 1 saturated heterocycles. The minimum Gasteiger partial charge on any atom is -0.383 e. The number of carbonyl (C=O) groups is 1. The summed E-state index contributed by atoms with van der Waals surface area (Å²) in [6.45, 7) is 7.83. The molecule has 0 unspecified atom stereocenters. The summed E-state index contributed by atoms with van der Waals surface area (Å²) in [7, 11) is 1.48. The molecule has 0 radical (unpaired) electrons. The van der Waals surface area contributed by atoms with E-state index in [9.17, 15) is 14.0 Å². The first-order valence-electron chi connectivity index (χ1n) is 13.7. The van der Waals surface area contributed by atoms with Gasteiger partial charge in [0.2, 0.25) is 5.91 Å². The van der Waals surface area contributed by atoms with Crippen molar-refractivity contribution >= 4 is 61.1 Å². The molecule has 9 nitrogen and oxygen atoms in total. The number of thioether (sulfide) groups is 1. The summed E-state index contributed by atoms with van der Waals surface area (Å²) in [6.07, 6.45) is -3.61. The van der Waals surface area contributed by atoms with Gasteiger partial charge in [-0.2, -0.15) is 18.2 Å². The number of alkyl halides is 3. The minimum atomic E-state index is -4.83. The third-order valence-corrected chi connectivity index (χ3v) is 10.2. The van der Waals surface area contributed by atoms with Crippen molar-refractivity contribution in [1.29, 1.82) is 0 Å². The number of thiazole rings is 1. The molecule has 1 amide bonds. The molecule has 6 rings (SSSR count). The number of nitrogens with two attached hydrogens (primary N) is 1. The molecule has 1 fully saturated rings. The van der Waals surface area contributed by atoms with Crippen LogP contribution in [0.5, 0.6) is 0 Å². The lowest BCUT2D eigenvalue weighted by atomic mass is 9.95. The van der Waals surface area contributed by atoms with Crippen molar-refractivity contribution in [1.82, 2.24) is 19.4 Å². The lowest BCUT2D eigenvalue weighted by Gasteiger charge is -2.45. The van der Waals surface area contributed by atoms with E-state index >= 15 is 13.2 Å². The Hall–Kier alpha value is -3.69. The van der Waals surface area contributed by atoms with Gasteiger partial charge >= 0.3 is 11.9 Å². The summed E-state index contributed by atoms with van der Waals surface area (Å²) in [6, 6.07) is 2.22. The van der Waals surface area contributed by atoms with E-state index in [-0.39, 0.29) is 91.5 Å². The van der Waals surface area contributed by atoms with E-state index in [1.54, 1.807) is 9.80 Å². The fourth-order valence-corrected chi connectivity index (χ4v) is 8.45. The van der Waals surface area contributed by atoms with E-state index < -0.39 is 29.3 Å². The molecular weight excluding hydrogens is 620 g/mol. The normalized spacial score (nSPS) is 20.5. The third kappa shape index (κ3) is 4.81. The first-order valence-corrected chi connectivity index (χ1v) is 15.5. The summed E-state index contributed by atoms with van der Waals surface area (Å²) in [5.41, 5.74) is 4.44. The second kappa shape index (κ2) is 11.0. The third-order valence-electron chi connectivity index (χ3n) is 8.02. The molecule has 3 atom stereocenters. The molecule has 2 aromatic heterocycles. The number of nitrogen functional groups attached to an aromatic ring is 1. The van der Waals surface area contributed by atoms with Gasteiger partial charge in [0.15, 0.2) is 5.13 Å². The Labute approximate surface area is 257 Å². The van der Waals surface area contributed by atoms with Crippen LogP contribution in [-0.2, 0) is 15.7 Å². The van der Waals surface area contributed by atoms with Gasteiger partial charge in [-0.05, 0) is 38.1 Å². The lowest BCUT2D eigenvalue weighted by molar-refractivity contribution is -0.137. The fourth-order valence-electron chi connectivity index (χ4n) is 6.37. The predicted octanol–water partition coefficient (Wildman–Crippen LogP) is 5.32. The SMILES string of the molecule is C=CC(=O)N1[C@H](C)CN(c2nc(=O)n3c4c(c(-c5ccc(F)c6sc(N)nc56)c(C(F)(F)F)cc24)SC[C@@H]3COC)C[C@@H]1C. The summed E-state index contributed by atoms with van der Waals surface area (Å²) >= 11 is 2.02. The van der Waals surface area contributed by atoms with Crippen LogP contribution in [0.3, 0.4) is 0 Å². The molecule has 2 aliphatic heterocycles. The van der Waals surface area contributed by atoms with Crippen LogP contribution in [0.4, 0.5) is 28.5 Å². The maximum absolute atomic E-state index is 15.0. The number of piperazine rings is 1. The van der Waals surface area contributed by atoms with Crippen LogP contribution >= 0.6 is 23.1 Å². The van der Waals surface area contributed by atoms with Crippen molar-refractivity contribution in [3.8, 4) is 11.1 Å². The zero-order valence-electron chi connectivity index (χ0n) is 23.9. The number of anilines is 2. The second-order valence-electron chi connectivity index (χ2n) is 10.9. The maximum Gasteiger partial charge on any atom is 0.417 e. The highest BCUT2D eigenvalue weighted by molar-refractivity contribution is 7.99. The van der Waals surface area contributed by atoms with Crippen LogP contribution in [0.25, 0.3) is 32.2 Å². The van der Waals surface area contributed by atoms with Gasteiger partial charge in [-0.25, -0.2) is 14.2 Å². The number of methoxy groups -OCH3 is 1. The van der Waals surface area contributed by atoms with Gasteiger partial charge < -0.3 is 20.3 Å². The van der Waals surface area contributed by atoms with Crippen LogP contribution in [0.15, 0.2) is 40.5 Å². The van der Waals surface area contributed by atoms with Crippen molar-refractivity contribution in [3.05, 3.63) is 52.7 Å². The van der Waals surface area contributed by atoms with Gasteiger partial charge in [0.25, 0.3) is 0 Å². The first kappa shape index (κ1) is 30.3. The lowest BCUT2D eigenvalue weighted by Crippen LogP contribution is -2.58. The Morgan fingerprint density at radius 3 is 2.57 bits per heavy atom. The predicted molar refractivity (Wildman–Crippen MR) is 164 cm³/mol. The first-order chi connectivity index (χ1) is 20.8. The molecule has 2 N–H and O–H groups in total. The zero-order chi connectivity index (χ0) is 31.7. The number of aromatic nitrogens is 3. The summed E-state index contributed by atoms with van der Waals surface area (Å²) in [5.74, 6) is -0.560. The number of hydrogen-bond donors (Lipinski definition) is 1. The summed E-state index contributed by atoms with van der Waals surface area (Å²) in [5, 5.41) is 0.158. The molecular formula is C29H28F4N6O3S2. The molecule has 0 aliphatic carbocycles. The van der Waals surface area contributed by atoms with Crippen molar-refractivity contribution < 1.29 is 27.1 Å². The van der Waals surface area contributed by atoms with E-state index in [0.717, 1.165) is 23.5 Å². The van der Waals surface area contributed by atoms with E-state index in [2.05, 4.69) is 16.5 Å². The van der Waals surface area contributed by atoms with Gasteiger partial charge in [-0.1, -0.05) is 17.9 Å². The number of hydrogen-bond acceptors (Lipinski definition) is 9. The molecule has 4 heterocycles. The quantitative estimate of drug-likeness (QED) is 0.229. The number of carbonyl (C=O) groups excluding carboxylic acids is 1. The van der Waals surface area contributed by atoms with Gasteiger partial charge in [-0.3, -0.25) is 9.36 Å². The van der Waals surface area contributed by atoms with Gasteiger partial charge in [0, 0.05) is 59.4 Å². The molecule has 44 heavy (non-hydrogen) atoms. The molecule has 0 spiro atoms. The standard InChI is InChI=1S/C29H28F4N6O3S2/c1-5-20(40)38-13(2)9-37(10-14(38)3)26-17-8-18(29(31,32)33)21(16-6-7-19(30)24-22(16)35-27(34)44-24)25-23(17)39(28(41)36-26)15(11-42-4)12-43-25/h5-8,13-15H,1,9-12H2,2-4H3,(H2,34,35)/t13-,14+,15-/m0/s1. The van der Waals surface area contributed by atoms with Crippen LogP contribution in [0.1, 0.15) is 25.5 Å². The van der Waals surface area contributed by atoms with Crippen LogP contribution < -0.4 is 16.3 Å². The van der Waals surface area contributed by atoms with E-state index in [4.69, 9.17) is 10.5 Å². The molecule has 232 valence electrons. The Bertz CT molecular complexity index is 1880. The Morgan fingerprint density at radius 2 is 1.93 bits per heavy atom. The zero-order valence-corrected chi connectivity index (χ0v) is 25.6. The number of amides is 1. The minimum absolute atomic E-state index is 0.0158. The molecule has 4 aromatic rings. The Morgan fingerprint density at radius 1 is 1.23 bits per heavy atom. The molecule has 0 bridgehead atoms.